The maximum absolute atomic E-state index is 12.4. The van der Waals surface area contributed by atoms with Crippen molar-refractivity contribution in [1.82, 2.24) is 9.88 Å². The van der Waals surface area contributed by atoms with Gasteiger partial charge in [-0.15, -0.1) is 0 Å². The van der Waals surface area contributed by atoms with Crippen molar-refractivity contribution >= 4 is 5.91 Å². The van der Waals surface area contributed by atoms with Crippen molar-refractivity contribution in [3.8, 4) is 0 Å². The molecule has 4 nitrogen and oxygen atoms in total. The highest BCUT2D eigenvalue weighted by molar-refractivity contribution is 5.96. The number of methoxy groups -OCH3 is 1. The van der Waals surface area contributed by atoms with E-state index in [0.29, 0.717) is 0 Å². The molecule has 1 N–H and O–H groups in total. The predicted octanol–water partition coefficient (Wildman–Crippen LogP) is 2.47. The smallest absolute Gasteiger partial charge is 0.255 e. The number of aromatic nitrogens is 1. The molecule has 1 aliphatic heterocycles. The van der Waals surface area contributed by atoms with E-state index in [1.807, 2.05) is 17.2 Å². The van der Waals surface area contributed by atoms with E-state index in [1.165, 1.54) is 0 Å². The zero-order valence-electron chi connectivity index (χ0n) is 12.2. The molecule has 4 heteroatoms. The molecule has 0 aliphatic carbocycles. The average Bonchev–Trinajstić information content (AvgIpc) is 2.81. The van der Waals surface area contributed by atoms with Crippen LogP contribution in [0.4, 0.5) is 0 Å². The van der Waals surface area contributed by atoms with Crippen LogP contribution in [0.5, 0.6) is 0 Å². The summed E-state index contributed by atoms with van der Waals surface area (Å²) in [4.78, 5) is 17.5. The summed E-state index contributed by atoms with van der Waals surface area (Å²) in [5.41, 5.74) is 2.14. The lowest BCUT2D eigenvalue weighted by molar-refractivity contribution is -0.000982. The molecule has 0 unspecified atom stereocenters. The molecular formula is C15H24N2O2. The van der Waals surface area contributed by atoms with Gasteiger partial charge < -0.3 is 14.6 Å². The van der Waals surface area contributed by atoms with E-state index in [1.54, 1.807) is 7.11 Å². The molecule has 0 bridgehead atoms. The molecule has 1 aromatic heterocycles. The van der Waals surface area contributed by atoms with E-state index in [2.05, 4.69) is 18.8 Å². The summed E-state index contributed by atoms with van der Waals surface area (Å²) in [5.74, 6) is 0.166. The SMILES string of the molecule is CCCc1[nH]ccc1C(=O)N1CC(C)(CCOC)C1. The average molecular weight is 264 g/mol. The fourth-order valence-electron chi connectivity index (χ4n) is 2.76. The quantitative estimate of drug-likeness (QED) is 0.858. The number of likely N-dealkylation sites (tertiary alicyclic amines) is 1. The number of carbonyl (C=O) groups is 1. The van der Waals surface area contributed by atoms with Gasteiger partial charge in [0.15, 0.2) is 0 Å². The van der Waals surface area contributed by atoms with Crippen LogP contribution in [0, 0.1) is 5.41 Å². The molecule has 1 aromatic rings. The Bertz CT molecular complexity index is 433. The minimum Gasteiger partial charge on any atom is -0.385 e. The Labute approximate surface area is 115 Å². The van der Waals surface area contributed by atoms with Gasteiger partial charge >= 0.3 is 0 Å². The Morgan fingerprint density at radius 3 is 2.89 bits per heavy atom. The Kier molecular flexibility index (Phi) is 4.30. The molecule has 1 aliphatic rings. The summed E-state index contributed by atoms with van der Waals surface area (Å²) in [7, 11) is 1.72. The third kappa shape index (κ3) is 3.00. The van der Waals surface area contributed by atoms with Crippen LogP contribution in [0.1, 0.15) is 42.7 Å². The maximum Gasteiger partial charge on any atom is 0.255 e. The van der Waals surface area contributed by atoms with Crippen LogP contribution in [-0.2, 0) is 11.2 Å². The number of ether oxygens (including phenoxy) is 1. The lowest BCUT2D eigenvalue weighted by Gasteiger charge is -2.48. The minimum atomic E-state index is 0.166. The van der Waals surface area contributed by atoms with E-state index in [-0.39, 0.29) is 11.3 Å². The van der Waals surface area contributed by atoms with Gasteiger partial charge in [0.1, 0.15) is 0 Å². The number of hydrogen-bond donors (Lipinski definition) is 1. The zero-order chi connectivity index (χ0) is 13.9. The highest BCUT2D eigenvalue weighted by atomic mass is 16.5. The highest BCUT2D eigenvalue weighted by Crippen LogP contribution is 2.34. The first-order valence-corrected chi connectivity index (χ1v) is 7.04. The van der Waals surface area contributed by atoms with Crippen molar-refractivity contribution < 1.29 is 9.53 Å². The minimum absolute atomic E-state index is 0.166. The molecule has 2 heterocycles. The van der Waals surface area contributed by atoms with Gasteiger partial charge in [0, 0.05) is 44.1 Å². The van der Waals surface area contributed by atoms with Crippen molar-refractivity contribution in [1.29, 1.82) is 0 Å². The summed E-state index contributed by atoms with van der Waals surface area (Å²) in [6.45, 7) is 6.79. The number of H-pyrrole nitrogens is 1. The van der Waals surface area contributed by atoms with Crippen molar-refractivity contribution in [2.45, 2.75) is 33.1 Å². The number of aromatic amines is 1. The van der Waals surface area contributed by atoms with Gasteiger partial charge in [-0.3, -0.25) is 4.79 Å². The van der Waals surface area contributed by atoms with Crippen LogP contribution < -0.4 is 0 Å². The normalized spacial score (nSPS) is 17.3. The van der Waals surface area contributed by atoms with Gasteiger partial charge in [0.05, 0.1) is 5.56 Å². The fourth-order valence-corrected chi connectivity index (χ4v) is 2.76. The molecule has 1 amide bonds. The molecule has 19 heavy (non-hydrogen) atoms. The third-order valence-corrected chi connectivity index (χ3v) is 3.91. The maximum atomic E-state index is 12.4. The zero-order valence-corrected chi connectivity index (χ0v) is 12.2. The molecule has 1 saturated heterocycles. The van der Waals surface area contributed by atoms with E-state index >= 15 is 0 Å². The standard InChI is InChI=1S/C15H24N2O2/c1-4-5-13-12(6-8-16-13)14(18)17-10-15(2,11-17)7-9-19-3/h6,8,16H,4-5,7,9-11H2,1-3H3. The second kappa shape index (κ2) is 5.78. The number of aryl methyl sites for hydroxylation is 1. The summed E-state index contributed by atoms with van der Waals surface area (Å²) < 4.78 is 5.12. The monoisotopic (exact) mass is 264 g/mol. The number of nitrogens with zero attached hydrogens (tertiary/aromatic N) is 1. The first kappa shape index (κ1) is 14.1. The molecule has 0 spiro atoms. The summed E-state index contributed by atoms with van der Waals surface area (Å²) >= 11 is 0. The van der Waals surface area contributed by atoms with Crippen molar-refractivity contribution in [3.63, 3.8) is 0 Å². The second-order valence-electron chi connectivity index (χ2n) is 5.83. The van der Waals surface area contributed by atoms with Gasteiger partial charge in [-0.25, -0.2) is 0 Å². The number of amides is 1. The lowest BCUT2D eigenvalue weighted by Crippen LogP contribution is -2.57. The fraction of sp³-hybridized carbons (Fsp3) is 0.667. The number of hydrogen-bond acceptors (Lipinski definition) is 2. The van der Waals surface area contributed by atoms with Crippen LogP contribution in [0.3, 0.4) is 0 Å². The number of carbonyl (C=O) groups excluding carboxylic acids is 1. The van der Waals surface area contributed by atoms with E-state index in [4.69, 9.17) is 4.74 Å². The van der Waals surface area contributed by atoms with Crippen LogP contribution >= 0.6 is 0 Å². The molecule has 2 rings (SSSR count). The molecule has 106 valence electrons. The van der Waals surface area contributed by atoms with Gasteiger partial charge in [-0.2, -0.15) is 0 Å². The van der Waals surface area contributed by atoms with Crippen molar-refractivity contribution in [3.05, 3.63) is 23.5 Å². The van der Waals surface area contributed by atoms with Crippen molar-refractivity contribution in [2.75, 3.05) is 26.8 Å². The third-order valence-electron chi connectivity index (χ3n) is 3.91. The van der Waals surface area contributed by atoms with Gasteiger partial charge in [0.25, 0.3) is 5.91 Å². The Hall–Kier alpha value is -1.29. The van der Waals surface area contributed by atoms with E-state index in [9.17, 15) is 4.79 Å². The van der Waals surface area contributed by atoms with Gasteiger partial charge in [-0.1, -0.05) is 20.3 Å². The molecule has 0 atom stereocenters. The molecular weight excluding hydrogens is 240 g/mol. The van der Waals surface area contributed by atoms with Crippen LogP contribution in [0.25, 0.3) is 0 Å². The molecule has 0 radical (unpaired) electrons. The molecule has 0 saturated carbocycles. The largest absolute Gasteiger partial charge is 0.385 e. The first-order chi connectivity index (χ1) is 9.09. The number of nitrogens with one attached hydrogen (secondary N) is 1. The highest BCUT2D eigenvalue weighted by Gasteiger charge is 2.41. The van der Waals surface area contributed by atoms with Crippen LogP contribution in [0.2, 0.25) is 0 Å². The summed E-state index contributed by atoms with van der Waals surface area (Å²) in [6, 6.07) is 1.90. The van der Waals surface area contributed by atoms with Gasteiger partial charge in [-0.05, 0) is 18.9 Å². The Morgan fingerprint density at radius 2 is 2.26 bits per heavy atom. The topological polar surface area (TPSA) is 45.3 Å². The second-order valence-corrected chi connectivity index (χ2v) is 5.83. The lowest BCUT2D eigenvalue weighted by atomic mass is 9.79. The van der Waals surface area contributed by atoms with Gasteiger partial charge in [0.2, 0.25) is 0 Å². The Morgan fingerprint density at radius 1 is 1.53 bits per heavy atom. The van der Waals surface area contributed by atoms with E-state index < -0.39 is 0 Å². The van der Waals surface area contributed by atoms with E-state index in [0.717, 1.165) is 50.2 Å². The van der Waals surface area contributed by atoms with Crippen molar-refractivity contribution in [2.24, 2.45) is 5.41 Å². The van der Waals surface area contributed by atoms with Crippen LogP contribution in [-0.4, -0.2) is 42.6 Å². The predicted molar refractivity (Wildman–Crippen MR) is 75.3 cm³/mol. The summed E-state index contributed by atoms with van der Waals surface area (Å²) in [6.07, 6.45) is 4.86. The molecule has 1 fully saturated rings. The summed E-state index contributed by atoms with van der Waals surface area (Å²) in [5, 5.41) is 0. The first-order valence-electron chi connectivity index (χ1n) is 7.04. The Balaban J connectivity index is 1.94. The van der Waals surface area contributed by atoms with Crippen LogP contribution in [0.15, 0.2) is 12.3 Å². The molecule has 0 aromatic carbocycles. The number of rotatable bonds is 6.